The van der Waals surface area contributed by atoms with Crippen LogP contribution in [0.5, 0.6) is 17.2 Å². The van der Waals surface area contributed by atoms with Crippen molar-refractivity contribution >= 4 is 11.6 Å². The number of hydrogen-bond donors (Lipinski definition) is 2. The summed E-state index contributed by atoms with van der Waals surface area (Å²) in [7, 11) is 1.57. The lowest BCUT2D eigenvalue weighted by Crippen LogP contribution is -2.30. The second-order valence-corrected chi connectivity index (χ2v) is 5.92. The number of hydrogen-bond acceptors (Lipinski definition) is 4. The molecule has 0 amide bonds. The monoisotopic (exact) mass is 395 g/mol. The summed E-state index contributed by atoms with van der Waals surface area (Å²) in [5.74, 6) is 1.43. The van der Waals surface area contributed by atoms with Crippen molar-refractivity contribution in [3.8, 4) is 17.2 Å². The van der Waals surface area contributed by atoms with Crippen molar-refractivity contribution in [2.75, 3.05) is 25.6 Å². The number of halogens is 3. The maximum absolute atomic E-state index is 12.5. The molecule has 6 nitrogen and oxygen atoms in total. The number of fused-ring (bicyclic) bond motifs is 1. The molecule has 0 bridgehead atoms. The zero-order chi connectivity index (χ0) is 20.0. The van der Waals surface area contributed by atoms with Crippen LogP contribution in [0.25, 0.3) is 0 Å². The Morgan fingerprint density at radius 3 is 2.61 bits per heavy atom. The molecule has 0 fully saturated rings. The molecule has 2 aromatic carbocycles. The largest absolute Gasteiger partial charge is 0.573 e. The molecule has 0 saturated carbocycles. The molecule has 0 aliphatic carbocycles. The summed E-state index contributed by atoms with van der Waals surface area (Å²) in [5, 5.41) is 6.05. The zero-order valence-corrected chi connectivity index (χ0v) is 15.2. The standard InChI is InChI=1S/C19H20F3N3O3/c1-23-18(24-12-13-5-2-3-6-15(13)28-19(20,21)22)25-14-7-8-16-17(11-14)27-10-4-9-26-16/h2-3,5-8,11H,4,9-10,12H2,1H3,(H2,23,24,25). The van der Waals surface area contributed by atoms with Crippen molar-refractivity contribution in [2.45, 2.75) is 19.3 Å². The highest BCUT2D eigenvalue weighted by molar-refractivity contribution is 5.93. The number of para-hydroxylation sites is 1. The first kappa shape index (κ1) is 19.7. The van der Waals surface area contributed by atoms with Gasteiger partial charge in [-0.15, -0.1) is 13.2 Å². The van der Waals surface area contributed by atoms with Crippen LogP contribution in [0.1, 0.15) is 12.0 Å². The number of alkyl halides is 3. The van der Waals surface area contributed by atoms with E-state index in [1.165, 1.54) is 12.1 Å². The molecule has 2 N–H and O–H groups in total. The van der Waals surface area contributed by atoms with E-state index in [0.717, 1.165) is 6.42 Å². The molecule has 150 valence electrons. The van der Waals surface area contributed by atoms with Crippen LogP contribution in [0, 0.1) is 0 Å². The van der Waals surface area contributed by atoms with Crippen LogP contribution < -0.4 is 24.8 Å². The van der Waals surface area contributed by atoms with Gasteiger partial charge in [0.1, 0.15) is 5.75 Å². The first-order valence-electron chi connectivity index (χ1n) is 8.65. The van der Waals surface area contributed by atoms with Crippen LogP contribution in [0.2, 0.25) is 0 Å². The third kappa shape index (κ3) is 5.45. The van der Waals surface area contributed by atoms with Gasteiger partial charge in [0.15, 0.2) is 17.5 Å². The van der Waals surface area contributed by atoms with Crippen molar-refractivity contribution in [3.05, 3.63) is 48.0 Å². The van der Waals surface area contributed by atoms with Crippen molar-refractivity contribution < 1.29 is 27.4 Å². The van der Waals surface area contributed by atoms with Gasteiger partial charge in [-0.05, 0) is 18.2 Å². The fourth-order valence-corrected chi connectivity index (χ4v) is 2.61. The van der Waals surface area contributed by atoms with E-state index >= 15 is 0 Å². The van der Waals surface area contributed by atoms with E-state index in [1.54, 1.807) is 37.4 Å². The number of anilines is 1. The van der Waals surface area contributed by atoms with Crippen LogP contribution in [-0.2, 0) is 6.54 Å². The summed E-state index contributed by atoms with van der Waals surface area (Å²) >= 11 is 0. The minimum Gasteiger partial charge on any atom is -0.490 e. The van der Waals surface area contributed by atoms with Crippen molar-refractivity contribution in [2.24, 2.45) is 4.99 Å². The van der Waals surface area contributed by atoms with E-state index in [0.29, 0.717) is 41.9 Å². The molecule has 0 atom stereocenters. The number of nitrogens with one attached hydrogen (secondary N) is 2. The molecule has 0 saturated heterocycles. The molecule has 1 heterocycles. The van der Waals surface area contributed by atoms with E-state index < -0.39 is 6.36 Å². The van der Waals surface area contributed by atoms with Crippen LogP contribution in [-0.4, -0.2) is 32.6 Å². The summed E-state index contributed by atoms with van der Waals surface area (Å²) in [4.78, 5) is 4.09. The minimum absolute atomic E-state index is 0.0937. The Balaban J connectivity index is 1.65. The third-order valence-corrected chi connectivity index (χ3v) is 3.88. The second kappa shape index (κ2) is 8.73. The lowest BCUT2D eigenvalue weighted by molar-refractivity contribution is -0.274. The van der Waals surface area contributed by atoms with Crippen LogP contribution in [0.15, 0.2) is 47.5 Å². The van der Waals surface area contributed by atoms with E-state index in [2.05, 4.69) is 20.4 Å². The molecule has 2 aromatic rings. The van der Waals surface area contributed by atoms with E-state index in [-0.39, 0.29) is 12.3 Å². The van der Waals surface area contributed by atoms with Gasteiger partial charge in [-0.1, -0.05) is 18.2 Å². The quantitative estimate of drug-likeness (QED) is 0.607. The Hall–Kier alpha value is -3.10. The SMILES string of the molecule is CN=C(NCc1ccccc1OC(F)(F)F)Nc1ccc2c(c1)OCCCO2. The molecule has 9 heteroatoms. The average molecular weight is 395 g/mol. The first-order chi connectivity index (χ1) is 13.4. The van der Waals surface area contributed by atoms with Gasteiger partial charge in [-0.3, -0.25) is 4.99 Å². The summed E-state index contributed by atoms with van der Waals surface area (Å²) in [6.45, 7) is 1.26. The van der Waals surface area contributed by atoms with Gasteiger partial charge in [0.2, 0.25) is 0 Å². The maximum Gasteiger partial charge on any atom is 0.573 e. The highest BCUT2D eigenvalue weighted by atomic mass is 19.4. The Morgan fingerprint density at radius 1 is 1.11 bits per heavy atom. The highest BCUT2D eigenvalue weighted by Gasteiger charge is 2.31. The summed E-state index contributed by atoms with van der Waals surface area (Å²) < 4.78 is 52.9. The Kier molecular flexibility index (Phi) is 6.13. The van der Waals surface area contributed by atoms with Gasteiger partial charge < -0.3 is 24.8 Å². The summed E-state index contributed by atoms with van der Waals surface area (Å²) in [5.41, 5.74) is 1.05. The van der Waals surface area contributed by atoms with E-state index in [1.807, 2.05) is 0 Å². The van der Waals surface area contributed by atoms with Crippen LogP contribution >= 0.6 is 0 Å². The van der Waals surface area contributed by atoms with Gasteiger partial charge >= 0.3 is 6.36 Å². The molecular weight excluding hydrogens is 375 g/mol. The molecule has 0 aromatic heterocycles. The van der Waals surface area contributed by atoms with Gasteiger partial charge in [-0.2, -0.15) is 0 Å². The average Bonchev–Trinajstić information content (AvgIpc) is 2.90. The topological polar surface area (TPSA) is 64.1 Å². The fraction of sp³-hybridized carbons (Fsp3) is 0.316. The summed E-state index contributed by atoms with van der Waals surface area (Å²) in [6.07, 6.45) is -3.94. The molecule has 3 rings (SSSR count). The van der Waals surface area contributed by atoms with Crippen molar-refractivity contribution in [3.63, 3.8) is 0 Å². The van der Waals surface area contributed by atoms with Gasteiger partial charge in [-0.25, -0.2) is 0 Å². The fourth-order valence-electron chi connectivity index (χ4n) is 2.61. The summed E-state index contributed by atoms with van der Waals surface area (Å²) in [6, 6.07) is 11.3. The molecule has 0 spiro atoms. The number of benzene rings is 2. The van der Waals surface area contributed by atoms with Gasteiger partial charge in [0.25, 0.3) is 0 Å². The Morgan fingerprint density at radius 2 is 1.86 bits per heavy atom. The van der Waals surface area contributed by atoms with E-state index in [9.17, 15) is 13.2 Å². The smallest absolute Gasteiger partial charge is 0.490 e. The molecule has 1 aliphatic rings. The Labute approximate surface area is 160 Å². The Bertz CT molecular complexity index is 841. The number of rotatable bonds is 4. The van der Waals surface area contributed by atoms with E-state index in [4.69, 9.17) is 9.47 Å². The predicted octanol–water partition coefficient (Wildman–Crippen LogP) is 3.93. The molecule has 1 aliphatic heterocycles. The lowest BCUT2D eigenvalue weighted by Gasteiger charge is -2.16. The van der Waals surface area contributed by atoms with Crippen LogP contribution in [0.3, 0.4) is 0 Å². The van der Waals surface area contributed by atoms with Crippen LogP contribution in [0.4, 0.5) is 18.9 Å². The minimum atomic E-state index is -4.75. The van der Waals surface area contributed by atoms with Gasteiger partial charge in [0.05, 0.1) is 13.2 Å². The molecule has 0 radical (unpaired) electrons. The first-order valence-corrected chi connectivity index (χ1v) is 8.65. The highest BCUT2D eigenvalue weighted by Crippen LogP contribution is 2.32. The number of guanidine groups is 1. The lowest BCUT2D eigenvalue weighted by atomic mass is 10.2. The number of ether oxygens (including phenoxy) is 3. The second-order valence-electron chi connectivity index (χ2n) is 5.92. The molecule has 28 heavy (non-hydrogen) atoms. The predicted molar refractivity (Wildman–Crippen MR) is 99.0 cm³/mol. The maximum atomic E-state index is 12.5. The number of aliphatic imine (C=N–C) groups is 1. The molecule has 0 unspecified atom stereocenters. The molecular formula is C19H20F3N3O3. The van der Waals surface area contributed by atoms with Gasteiger partial charge in [0, 0.05) is 37.3 Å². The zero-order valence-electron chi connectivity index (χ0n) is 15.2. The normalized spacial score (nSPS) is 14.2. The number of nitrogens with zero attached hydrogens (tertiary/aromatic N) is 1. The third-order valence-electron chi connectivity index (χ3n) is 3.88. The van der Waals surface area contributed by atoms with Crippen molar-refractivity contribution in [1.29, 1.82) is 0 Å². The van der Waals surface area contributed by atoms with Crippen molar-refractivity contribution in [1.82, 2.24) is 5.32 Å².